The van der Waals surface area contributed by atoms with E-state index < -0.39 is 18.1 Å². The second kappa shape index (κ2) is 3.96. The van der Waals surface area contributed by atoms with E-state index in [1.807, 2.05) is 0 Å². The number of aliphatic hydroxyl groups is 1. The van der Waals surface area contributed by atoms with Crippen LogP contribution in [0.15, 0.2) is 0 Å². The normalized spacial score (nSPS) is 27.0. The van der Waals surface area contributed by atoms with Crippen LogP contribution in [0.3, 0.4) is 0 Å². The van der Waals surface area contributed by atoms with Crippen LogP contribution in [-0.4, -0.2) is 40.5 Å². The minimum absolute atomic E-state index is 0.134. The molecule has 0 spiro atoms. The van der Waals surface area contributed by atoms with Gasteiger partial charge in [-0.25, -0.2) is 0 Å². The van der Waals surface area contributed by atoms with Gasteiger partial charge in [0.05, 0.1) is 6.10 Å². The van der Waals surface area contributed by atoms with Crippen LogP contribution < -0.4 is 5.73 Å². The Morgan fingerprint density at radius 3 is 2.50 bits per heavy atom. The molecule has 3 N–H and O–H groups in total. The molecule has 1 aliphatic heterocycles. The second-order valence-corrected chi connectivity index (χ2v) is 3.95. The third-order valence-electron chi connectivity index (χ3n) is 2.38. The van der Waals surface area contributed by atoms with Crippen molar-refractivity contribution in [3.63, 3.8) is 0 Å². The maximum atomic E-state index is 11.6. The van der Waals surface area contributed by atoms with Crippen LogP contribution in [0.4, 0.5) is 0 Å². The maximum Gasteiger partial charge on any atom is 0.240 e. The minimum Gasteiger partial charge on any atom is -0.391 e. The zero-order chi connectivity index (χ0) is 10.9. The van der Waals surface area contributed by atoms with Crippen LogP contribution in [0.25, 0.3) is 0 Å². The fourth-order valence-corrected chi connectivity index (χ4v) is 1.66. The van der Waals surface area contributed by atoms with E-state index in [-0.39, 0.29) is 24.8 Å². The number of primary amides is 1. The van der Waals surface area contributed by atoms with Crippen molar-refractivity contribution in [3.8, 4) is 0 Å². The van der Waals surface area contributed by atoms with Gasteiger partial charge in [-0.05, 0) is 0 Å². The Balaban J connectivity index is 2.76. The molecule has 1 aliphatic rings. The maximum absolute atomic E-state index is 11.6. The van der Waals surface area contributed by atoms with E-state index in [2.05, 4.69) is 0 Å². The molecule has 0 aliphatic carbocycles. The molecule has 2 atom stereocenters. The zero-order valence-corrected chi connectivity index (χ0v) is 8.43. The van der Waals surface area contributed by atoms with Gasteiger partial charge in [-0.1, -0.05) is 13.8 Å². The summed E-state index contributed by atoms with van der Waals surface area (Å²) in [4.78, 5) is 24.0. The van der Waals surface area contributed by atoms with E-state index in [1.165, 1.54) is 4.90 Å². The molecule has 0 aromatic heterocycles. The molecular weight excluding hydrogens is 184 g/mol. The summed E-state index contributed by atoms with van der Waals surface area (Å²) in [5, 5.41) is 9.35. The summed E-state index contributed by atoms with van der Waals surface area (Å²) >= 11 is 0. The van der Waals surface area contributed by atoms with Gasteiger partial charge in [0.15, 0.2) is 0 Å². The number of carbonyl (C=O) groups excluding carboxylic acids is 2. The van der Waals surface area contributed by atoms with Crippen molar-refractivity contribution >= 4 is 11.8 Å². The molecule has 1 rings (SSSR count). The van der Waals surface area contributed by atoms with E-state index in [9.17, 15) is 14.7 Å². The highest BCUT2D eigenvalue weighted by atomic mass is 16.3. The Bertz CT molecular complexity index is 252. The molecule has 0 radical (unpaired) electrons. The second-order valence-electron chi connectivity index (χ2n) is 3.95. The van der Waals surface area contributed by atoms with E-state index >= 15 is 0 Å². The molecule has 0 aromatic carbocycles. The Kier molecular flexibility index (Phi) is 3.10. The van der Waals surface area contributed by atoms with Crippen LogP contribution >= 0.6 is 0 Å². The smallest absolute Gasteiger partial charge is 0.240 e. The first-order chi connectivity index (χ1) is 6.43. The predicted octanol–water partition coefficient (Wildman–Crippen LogP) is -0.910. The first kappa shape index (κ1) is 11.0. The highest BCUT2D eigenvalue weighted by Crippen LogP contribution is 2.19. The number of carbonyl (C=O) groups is 2. The largest absolute Gasteiger partial charge is 0.391 e. The van der Waals surface area contributed by atoms with Gasteiger partial charge in [-0.2, -0.15) is 0 Å². The summed E-state index contributed by atoms with van der Waals surface area (Å²) in [7, 11) is 0. The lowest BCUT2D eigenvalue weighted by atomic mass is 10.1. The average Bonchev–Trinajstić information content (AvgIpc) is 2.45. The van der Waals surface area contributed by atoms with Gasteiger partial charge in [0.25, 0.3) is 0 Å². The Morgan fingerprint density at radius 1 is 1.50 bits per heavy atom. The van der Waals surface area contributed by atoms with Gasteiger partial charge < -0.3 is 15.7 Å². The van der Waals surface area contributed by atoms with Gasteiger partial charge in [-0.15, -0.1) is 0 Å². The van der Waals surface area contributed by atoms with E-state index in [0.29, 0.717) is 0 Å². The molecule has 80 valence electrons. The Labute approximate surface area is 82.9 Å². The summed E-state index contributed by atoms with van der Waals surface area (Å²) in [6.07, 6.45) is -0.372. The first-order valence-electron chi connectivity index (χ1n) is 4.71. The number of rotatable bonds is 2. The van der Waals surface area contributed by atoms with Crippen molar-refractivity contribution in [1.29, 1.82) is 0 Å². The molecule has 0 bridgehead atoms. The van der Waals surface area contributed by atoms with Crippen molar-refractivity contribution < 1.29 is 14.7 Å². The van der Waals surface area contributed by atoms with Crippen molar-refractivity contribution in [2.24, 2.45) is 11.7 Å². The number of amides is 2. The highest BCUT2D eigenvalue weighted by Gasteiger charge is 2.38. The number of hydrogen-bond acceptors (Lipinski definition) is 3. The van der Waals surface area contributed by atoms with Crippen molar-refractivity contribution in [2.75, 3.05) is 6.54 Å². The van der Waals surface area contributed by atoms with Crippen LogP contribution in [0.2, 0.25) is 0 Å². The average molecular weight is 200 g/mol. The van der Waals surface area contributed by atoms with Gasteiger partial charge in [0.1, 0.15) is 6.04 Å². The molecule has 5 nitrogen and oxygen atoms in total. The van der Waals surface area contributed by atoms with Gasteiger partial charge in [-0.3, -0.25) is 9.59 Å². The van der Waals surface area contributed by atoms with E-state index in [1.54, 1.807) is 13.8 Å². The number of likely N-dealkylation sites (tertiary alicyclic amines) is 1. The molecule has 14 heavy (non-hydrogen) atoms. The molecule has 1 saturated heterocycles. The number of β-amino-alcohol motifs (C(OH)–C–C–N with tert-alkyl or cyclic N) is 1. The summed E-state index contributed by atoms with van der Waals surface area (Å²) in [5.74, 6) is -0.858. The summed E-state index contributed by atoms with van der Waals surface area (Å²) in [5.41, 5.74) is 5.14. The molecular formula is C9H16N2O3. The third kappa shape index (κ3) is 2.04. The van der Waals surface area contributed by atoms with Crippen LogP contribution in [0.1, 0.15) is 20.3 Å². The lowest BCUT2D eigenvalue weighted by Gasteiger charge is -2.23. The number of aliphatic hydroxyl groups excluding tert-OH is 1. The number of hydrogen-bond donors (Lipinski definition) is 2. The summed E-state index contributed by atoms with van der Waals surface area (Å²) < 4.78 is 0. The molecule has 2 amide bonds. The molecule has 2 unspecified atom stereocenters. The van der Waals surface area contributed by atoms with Crippen molar-refractivity contribution in [3.05, 3.63) is 0 Å². The fourth-order valence-electron chi connectivity index (χ4n) is 1.66. The highest BCUT2D eigenvalue weighted by molar-refractivity contribution is 5.88. The summed E-state index contributed by atoms with van der Waals surface area (Å²) in [6, 6.07) is -0.639. The Hall–Kier alpha value is -1.10. The van der Waals surface area contributed by atoms with Gasteiger partial charge >= 0.3 is 0 Å². The number of nitrogens with zero attached hydrogens (tertiary/aromatic N) is 1. The van der Waals surface area contributed by atoms with Crippen LogP contribution in [0, 0.1) is 5.92 Å². The fraction of sp³-hybridized carbons (Fsp3) is 0.778. The quantitative estimate of drug-likeness (QED) is 0.605. The zero-order valence-electron chi connectivity index (χ0n) is 8.43. The standard InChI is InChI=1S/C9H16N2O3/c1-5(2)9(14)11-4-6(12)3-7(11)8(10)13/h5-7,12H,3-4H2,1-2H3,(H2,10,13). The molecule has 5 heteroatoms. The van der Waals surface area contributed by atoms with Gasteiger partial charge in [0.2, 0.25) is 11.8 Å². The lowest BCUT2D eigenvalue weighted by Crippen LogP contribution is -2.45. The van der Waals surface area contributed by atoms with Crippen LogP contribution in [-0.2, 0) is 9.59 Å². The third-order valence-corrected chi connectivity index (χ3v) is 2.38. The van der Waals surface area contributed by atoms with Crippen molar-refractivity contribution in [1.82, 2.24) is 4.90 Å². The molecule has 0 saturated carbocycles. The lowest BCUT2D eigenvalue weighted by molar-refractivity contribution is -0.139. The number of nitrogens with two attached hydrogens (primary N) is 1. The SMILES string of the molecule is CC(C)C(=O)N1CC(O)CC1C(N)=O. The predicted molar refractivity (Wildman–Crippen MR) is 50.2 cm³/mol. The van der Waals surface area contributed by atoms with Gasteiger partial charge in [0, 0.05) is 18.9 Å². The van der Waals surface area contributed by atoms with E-state index in [4.69, 9.17) is 5.73 Å². The first-order valence-corrected chi connectivity index (χ1v) is 4.71. The molecule has 0 aromatic rings. The monoisotopic (exact) mass is 200 g/mol. The van der Waals surface area contributed by atoms with Crippen LogP contribution in [0.5, 0.6) is 0 Å². The van der Waals surface area contributed by atoms with E-state index in [0.717, 1.165) is 0 Å². The molecule has 1 fully saturated rings. The topological polar surface area (TPSA) is 83.6 Å². The Morgan fingerprint density at radius 2 is 2.07 bits per heavy atom. The minimum atomic E-state index is -0.639. The van der Waals surface area contributed by atoms with Crippen molar-refractivity contribution in [2.45, 2.75) is 32.4 Å². The molecule has 1 heterocycles. The summed E-state index contributed by atoms with van der Waals surface area (Å²) in [6.45, 7) is 3.72.